The van der Waals surface area contributed by atoms with Gasteiger partial charge in [-0.2, -0.15) is 0 Å². The summed E-state index contributed by atoms with van der Waals surface area (Å²) in [6, 6.07) is 5.44. The lowest BCUT2D eigenvalue weighted by atomic mass is 9.93. The maximum Gasteiger partial charge on any atom is 0.257 e. The molecule has 1 aliphatic carbocycles. The molecule has 7 nitrogen and oxygen atoms in total. The van der Waals surface area contributed by atoms with Crippen LogP contribution in [0.25, 0.3) is 0 Å². The van der Waals surface area contributed by atoms with Crippen LogP contribution < -0.4 is 9.47 Å². The maximum absolute atomic E-state index is 13.5. The Morgan fingerprint density at radius 2 is 1.84 bits per heavy atom. The monoisotopic (exact) mass is 444 g/mol. The summed E-state index contributed by atoms with van der Waals surface area (Å²) >= 11 is 0. The second-order valence-electron chi connectivity index (χ2n) is 9.40. The zero-order valence-electron chi connectivity index (χ0n) is 19.1. The summed E-state index contributed by atoms with van der Waals surface area (Å²) in [5.41, 5.74) is 0.545. The summed E-state index contributed by atoms with van der Waals surface area (Å²) in [7, 11) is 1.60. The summed E-state index contributed by atoms with van der Waals surface area (Å²) < 4.78 is 11.7. The first-order valence-electron chi connectivity index (χ1n) is 12.1. The van der Waals surface area contributed by atoms with Crippen molar-refractivity contribution in [2.75, 3.05) is 39.9 Å². The van der Waals surface area contributed by atoms with Crippen LogP contribution >= 0.6 is 0 Å². The first-order chi connectivity index (χ1) is 15.6. The van der Waals surface area contributed by atoms with E-state index in [4.69, 9.17) is 14.6 Å². The molecule has 1 N–H and O–H groups in total. The minimum absolute atomic E-state index is 0.00291. The van der Waals surface area contributed by atoms with Gasteiger partial charge in [-0.3, -0.25) is 9.59 Å². The number of methoxy groups -OCH3 is 1. The molecule has 0 bridgehead atoms. The van der Waals surface area contributed by atoms with Crippen LogP contribution in [0.15, 0.2) is 18.2 Å². The molecule has 7 heteroatoms. The van der Waals surface area contributed by atoms with Crippen LogP contribution in [0.3, 0.4) is 0 Å². The van der Waals surface area contributed by atoms with E-state index in [1.807, 2.05) is 21.9 Å². The van der Waals surface area contributed by atoms with E-state index >= 15 is 0 Å². The summed E-state index contributed by atoms with van der Waals surface area (Å²) in [6.07, 6.45) is 7.43. The molecule has 32 heavy (non-hydrogen) atoms. The smallest absolute Gasteiger partial charge is 0.257 e. The molecule has 1 atom stereocenters. The van der Waals surface area contributed by atoms with Gasteiger partial charge in [-0.1, -0.05) is 0 Å². The van der Waals surface area contributed by atoms with Crippen molar-refractivity contribution in [3.05, 3.63) is 23.8 Å². The minimum atomic E-state index is -0.0195. The molecule has 2 saturated heterocycles. The van der Waals surface area contributed by atoms with Crippen molar-refractivity contribution in [2.24, 2.45) is 11.8 Å². The second kappa shape index (κ2) is 10.6. The van der Waals surface area contributed by atoms with Gasteiger partial charge in [0.05, 0.1) is 12.7 Å². The standard InChI is InChI=1S/C25H36N2O5/c1-31-21-8-9-23(32-20-10-13-26(14-11-20)24(29)19-6-7-19)22(16-21)25(30)27-12-2-4-18(17-27)5-3-15-28/h8-9,16,18-20,28H,2-7,10-15,17H2,1H3/t18-/m0/s1. The highest BCUT2D eigenvalue weighted by Gasteiger charge is 2.35. The Balaban J connectivity index is 1.42. The molecule has 1 aromatic rings. The van der Waals surface area contributed by atoms with Crippen molar-refractivity contribution in [3.63, 3.8) is 0 Å². The number of ether oxygens (including phenoxy) is 2. The summed E-state index contributed by atoms with van der Waals surface area (Å²) in [5.74, 6) is 2.20. The fraction of sp³-hybridized carbons (Fsp3) is 0.680. The molecule has 2 aliphatic heterocycles. The van der Waals surface area contributed by atoms with Gasteiger partial charge in [0.25, 0.3) is 5.91 Å². The molecule has 4 rings (SSSR count). The zero-order chi connectivity index (χ0) is 22.5. The summed E-state index contributed by atoms with van der Waals surface area (Å²) in [4.78, 5) is 29.7. The van der Waals surface area contributed by atoms with Crippen molar-refractivity contribution in [3.8, 4) is 11.5 Å². The zero-order valence-corrected chi connectivity index (χ0v) is 19.1. The van der Waals surface area contributed by atoms with Crippen LogP contribution in [-0.4, -0.2) is 72.7 Å². The number of carbonyl (C=O) groups excluding carboxylic acids is 2. The lowest BCUT2D eigenvalue weighted by Crippen LogP contribution is -2.43. The van der Waals surface area contributed by atoms with Crippen molar-refractivity contribution in [2.45, 2.75) is 57.5 Å². The number of aliphatic hydroxyl groups excluding tert-OH is 1. The Hall–Kier alpha value is -2.28. The first kappa shape index (κ1) is 22.9. The molecule has 1 saturated carbocycles. The molecule has 3 fully saturated rings. The van der Waals surface area contributed by atoms with E-state index < -0.39 is 0 Å². The van der Waals surface area contributed by atoms with E-state index in [1.54, 1.807) is 13.2 Å². The lowest BCUT2D eigenvalue weighted by Gasteiger charge is -2.34. The average molecular weight is 445 g/mol. The van der Waals surface area contributed by atoms with Crippen LogP contribution in [0.2, 0.25) is 0 Å². The average Bonchev–Trinajstić information content (AvgIpc) is 3.68. The number of piperidine rings is 2. The number of likely N-dealkylation sites (tertiary alicyclic amines) is 2. The van der Waals surface area contributed by atoms with Crippen molar-refractivity contribution >= 4 is 11.8 Å². The third-order valence-corrected chi connectivity index (χ3v) is 6.97. The van der Waals surface area contributed by atoms with Gasteiger partial charge in [0.2, 0.25) is 5.91 Å². The SMILES string of the molecule is COc1ccc(OC2CCN(C(=O)C3CC3)CC2)c(C(=O)N2CCC[C@@H](CCCO)C2)c1. The first-order valence-corrected chi connectivity index (χ1v) is 12.1. The predicted octanol–water partition coefficient (Wildman–Crippen LogP) is 3.10. The van der Waals surface area contributed by atoms with E-state index in [9.17, 15) is 9.59 Å². The van der Waals surface area contributed by atoms with Gasteiger partial charge in [-0.15, -0.1) is 0 Å². The number of rotatable bonds is 8. The number of hydrogen-bond acceptors (Lipinski definition) is 5. The van der Waals surface area contributed by atoms with Crippen molar-refractivity contribution < 1.29 is 24.2 Å². The largest absolute Gasteiger partial charge is 0.497 e. The molecule has 1 aromatic carbocycles. The normalized spacial score (nSPS) is 22.0. The van der Waals surface area contributed by atoms with E-state index in [0.29, 0.717) is 28.9 Å². The van der Waals surface area contributed by atoms with E-state index in [0.717, 1.165) is 77.5 Å². The molecular formula is C25H36N2O5. The number of amides is 2. The highest BCUT2D eigenvalue weighted by molar-refractivity contribution is 5.97. The van der Waals surface area contributed by atoms with E-state index in [-0.39, 0.29) is 24.5 Å². The molecule has 0 spiro atoms. The van der Waals surface area contributed by atoms with Gasteiger partial charge in [0.15, 0.2) is 0 Å². The quantitative estimate of drug-likeness (QED) is 0.667. The number of aliphatic hydroxyl groups is 1. The van der Waals surface area contributed by atoms with Crippen molar-refractivity contribution in [1.82, 2.24) is 9.80 Å². The number of hydrogen-bond donors (Lipinski definition) is 1. The third-order valence-electron chi connectivity index (χ3n) is 6.97. The molecule has 2 amide bonds. The second-order valence-corrected chi connectivity index (χ2v) is 9.40. The van der Waals surface area contributed by atoms with Crippen LogP contribution in [0.5, 0.6) is 11.5 Å². The Morgan fingerprint density at radius 1 is 1.06 bits per heavy atom. The third kappa shape index (κ3) is 5.55. The molecule has 0 radical (unpaired) electrons. The van der Waals surface area contributed by atoms with Crippen LogP contribution in [-0.2, 0) is 4.79 Å². The topological polar surface area (TPSA) is 79.3 Å². The molecule has 3 aliphatic rings. The number of benzene rings is 1. The Morgan fingerprint density at radius 3 is 2.53 bits per heavy atom. The van der Waals surface area contributed by atoms with Gasteiger partial charge in [-0.05, 0) is 62.6 Å². The van der Waals surface area contributed by atoms with Gasteiger partial charge < -0.3 is 24.4 Å². The number of nitrogens with zero attached hydrogens (tertiary/aromatic N) is 2. The molecule has 0 aromatic heterocycles. The van der Waals surface area contributed by atoms with E-state index in [2.05, 4.69) is 0 Å². The molecule has 0 unspecified atom stereocenters. The highest BCUT2D eigenvalue weighted by Crippen LogP contribution is 2.33. The maximum atomic E-state index is 13.5. The van der Waals surface area contributed by atoms with Gasteiger partial charge >= 0.3 is 0 Å². The Kier molecular flexibility index (Phi) is 7.55. The van der Waals surface area contributed by atoms with Crippen molar-refractivity contribution in [1.29, 1.82) is 0 Å². The molecule has 176 valence electrons. The lowest BCUT2D eigenvalue weighted by molar-refractivity contribution is -0.134. The predicted molar refractivity (Wildman–Crippen MR) is 121 cm³/mol. The number of carbonyl (C=O) groups is 2. The highest BCUT2D eigenvalue weighted by atomic mass is 16.5. The fourth-order valence-corrected chi connectivity index (χ4v) is 4.90. The summed E-state index contributed by atoms with van der Waals surface area (Å²) in [6.45, 7) is 3.10. The molecule has 2 heterocycles. The van der Waals surface area contributed by atoms with E-state index in [1.165, 1.54) is 0 Å². The molecular weight excluding hydrogens is 408 g/mol. The fourth-order valence-electron chi connectivity index (χ4n) is 4.90. The Bertz CT molecular complexity index is 802. The van der Waals surface area contributed by atoms with Gasteiger partial charge in [0.1, 0.15) is 17.6 Å². The van der Waals surface area contributed by atoms with Crippen LogP contribution in [0, 0.1) is 11.8 Å². The van der Waals surface area contributed by atoms with Crippen LogP contribution in [0.1, 0.15) is 61.7 Å². The van der Waals surface area contributed by atoms with Crippen LogP contribution in [0.4, 0.5) is 0 Å². The Labute approximate surface area is 190 Å². The minimum Gasteiger partial charge on any atom is -0.497 e. The summed E-state index contributed by atoms with van der Waals surface area (Å²) in [5, 5.41) is 9.14. The van der Waals surface area contributed by atoms with Gasteiger partial charge in [-0.25, -0.2) is 0 Å². The van der Waals surface area contributed by atoms with Gasteiger partial charge in [0, 0.05) is 51.5 Å².